The zero-order chi connectivity index (χ0) is 27.0. The van der Waals surface area contributed by atoms with Gasteiger partial charge in [-0.1, -0.05) is 48.8 Å². The minimum atomic E-state index is -3.78. The molecule has 0 radical (unpaired) electrons. The third-order valence-electron chi connectivity index (χ3n) is 5.69. The van der Waals surface area contributed by atoms with Crippen LogP contribution in [0.1, 0.15) is 38.3 Å². The number of amides is 2. The molecule has 8 nitrogen and oxygen atoms in total. The first kappa shape index (κ1) is 29.6. The van der Waals surface area contributed by atoms with Gasteiger partial charge in [0.15, 0.2) is 0 Å². The summed E-state index contributed by atoms with van der Waals surface area (Å²) in [5.74, 6) is 0.188. The van der Waals surface area contributed by atoms with Crippen molar-refractivity contribution in [2.24, 2.45) is 5.92 Å². The number of benzene rings is 2. The monoisotopic (exact) mass is 581 g/mol. The van der Waals surface area contributed by atoms with Crippen LogP contribution in [-0.4, -0.2) is 57.6 Å². The van der Waals surface area contributed by atoms with Crippen LogP contribution in [0.3, 0.4) is 0 Å². The van der Waals surface area contributed by atoms with Crippen molar-refractivity contribution in [3.05, 3.63) is 58.1 Å². The van der Waals surface area contributed by atoms with Gasteiger partial charge in [0, 0.05) is 17.6 Å². The van der Waals surface area contributed by atoms with E-state index >= 15 is 0 Å². The van der Waals surface area contributed by atoms with Crippen LogP contribution in [0.15, 0.2) is 46.9 Å². The predicted octanol–water partition coefficient (Wildman–Crippen LogP) is 4.11. The summed E-state index contributed by atoms with van der Waals surface area (Å²) >= 11 is 3.42. The van der Waals surface area contributed by atoms with Gasteiger partial charge in [-0.2, -0.15) is 0 Å². The van der Waals surface area contributed by atoms with Gasteiger partial charge in [-0.05, 0) is 60.7 Å². The number of hydrogen-bond acceptors (Lipinski definition) is 5. The Bertz CT molecular complexity index is 1150. The highest BCUT2D eigenvalue weighted by Gasteiger charge is 2.31. The Labute approximate surface area is 223 Å². The molecule has 2 aromatic rings. The van der Waals surface area contributed by atoms with Gasteiger partial charge in [-0.15, -0.1) is 0 Å². The number of ether oxygens (including phenoxy) is 1. The van der Waals surface area contributed by atoms with Crippen LogP contribution in [0, 0.1) is 12.8 Å². The molecule has 0 unspecified atom stereocenters. The van der Waals surface area contributed by atoms with E-state index in [2.05, 4.69) is 21.2 Å². The summed E-state index contributed by atoms with van der Waals surface area (Å²) in [4.78, 5) is 28.2. The van der Waals surface area contributed by atoms with Gasteiger partial charge in [0.2, 0.25) is 21.8 Å². The van der Waals surface area contributed by atoms with E-state index in [1.807, 2.05) is 39.8 Å². The molecule has 0 aliphatic heterocycles. The average Bonchev–Trinajstić information content (AvgIpc) is 2.82. The Hall–Kier alpha value is -2.59. The number of halogens is 1. The van der Waals surface area contributed by atoms with Gasteiger partial charge in [0.05, 0.1) is 19.1 Å². The van der Waals surface area contributed by atoms with Crippen molar-refractivity contribution in [1.29, 1.82) is 0 Å². The molecule has 0 aliphatic carbocycles. The molecule has 0 fully saturated rings. The van der Waals surface area contributed by atoms with Crippen LogP contribution in [0.5, 0.6) is 5.75 Å². The maximum atomic E-state index is 13.7. The van der Waals surface area contributed by atoms with Crippen molar-refractivity contribution in [3.63, 3.8) is 0 Å². The first-order valence-electron chi connectivity index (χ1n) is 11.8. The number of carbonyl (C=O) groups excluding carboxylic acids is 2. The summed E-state index contributed by atoms with van der Waals surface area (Å²) in [5.41, 5.74) is 2.01. The largest absolute Gasteiger partial charge is 0.497 e. The third kappa shape index (κ3) is 8.23. The molecule has 0 aliphatic rings. The fourth-order valence-electron chi connectivity index (χ4n) is 3.67. The zero-order valence-corrected chi connectivity index (χ0v) is 24.1. The number of hydrogen-bond donors (Lipinski definition) is 1. The van der Waals surface area contributed by atoms with Crippen LogP contribution in [0.25, 0.3) is 0 Å². The standard InChI is InChI=1S/C26H36BrN3O5S/c1-7-24(26(32)28-15-18(2)3)29(16-20-8-11-22(35-5)12-9-20)25(31)17-30(36(6,33)34)21-10-13-23(27)19(4)14-21/h8-14,18,24H,7,15-17H2,1-6H3,(H,28,32)/t24-/m1/s1. The maximum Gasteiger partial charge on any atom is 0.244 e. The highest BCUT2D eigenvalue weighted by Crippen LogP contribution is 2.25. The van der Waals surface area contributed by atoms with Gasteiger partial charge in [0.1, 0.15) is 18.3 Å². The summed E-state index contributed by atoms with van der Waals surface area (Å²) < 4.78 is 32.6. The summed E-state index contributed by atoms with van der Waals surface area (Å²) in [6.45, 7) is 7.86. The maximum absolute atomic E-state index is 13.7. The lowest BCUT2D eigenvalue weighted by Gasteiger charge is -2.33. The Morgan fingerprint density at radius 1 is 1.11 bits per heavy atom. The highest BCUT2D eigenvalue weighted by molar-refractivity contribution is 9.10. The first-order valence-corrected chi connectivity index (χ1v) is 14.4. The SMILES string of the molecule is CC[C@H](C(=O)NCC(C)C)N(Cc1ccc(OC)cc1)C(=O)CN(c1ccc(Br)c(C)c1)S(C)(=O)=O. The number of methoxy groups -OCH3 is 1. The molecular weight excluding hydrogens is 546 g/mol. The Morgan fingerprint density at radius 2 is 1.75 bits per heavy atom. The van der Waals surface area contributed by atoms with Crippen molar-refractivity contribution in [3.8, 4) is 5.75 Å². The molecule has 0 saturated heterocycles. The van der Waals surface area contributed by atoms with Gasteiger partial charge in [-0.3, -0.25) is 13.9 Å². The van der Waals surface area contributed by atoms with Crippen molar-refractivity contribution >= 4 is 43.5 Å². The molecular formula is C26H36BrN3O5S. The normalized spacial score (nSPS) is 12.2. The minimum Gasteiger partial charge on any atom is -0.497 e. The molecule has 1 atom stereocenters. The van der Waals surface area contributed by atoms with E-state index in [1.165, 1.54) is 4.90 Å². The summed E-state index contributed by atoms with van der Waals surface area (Å²) in [5, 5.41) is 2.91. The number of nitrogens with one attached hydrogen (secondary N) is 1. The fraction of sp³-hybridized carbons (Fsp3) is 0.462. The molecule has 36 heavy (non-hydrogen) atoms. The lowest BCUT2D eigenvalue weighted by Crippen LogP contribution is -2.52. The van der Waals surface area contributed by atoms with Crippen LogP contribution in [0.4, 0.5) is 5.69 Å². The van der Waals surface area contributed by atoms with Crippen LogP contribution in [0.2, 0.25) is 0 Å². The zero-order valence-electron chi connectivity index (χ0n) is 21.7. The second-order valence-corrected chi connectivity index (χ2v) is 11.9. The van der Waals surface area contributed by atoms with Gasteiger partial charge >= 0.3 is 0 Å². The molecule has 0 spiro atoms. The predicted molar refractivity (Wildman–Crippen MR) is 147 cm³/mol. The van der Waals surface area contributed by atoms with Gasteiger partial charge in [-0.25, -0.2) is 8.42 Å². The van der Waals surface area contributed by atoms with E-state index in [-0.39, 0.29) is 18.4 Å². The molecule has 198 valence electrons. The smallest absolute Gasteiger partial charge is 0.244 e. The van der Waals surface area contributed by atoms with E-state index in [4.69, 9.17) is 4.74 Å². The number of anilines is 1. The average molecular weight is 583 g/mol. The number of sulfonamides is 1. The van der Waals surface area contributed by atoms with E-state index in [1.54, 1.807) is 37.4 Å². The van der Waals surface area contributed by atoms with E-state index in [0.717, 1.165) is 26.2 Å². The van der Waals surface area contributed by atoms with Crippen molar-refractivity contribution in [1.82, 2.24) is 10.2 Å². The molecule has 2 rings (SSSR count). The van der Waals surface area contributed by atoms with Crippen molar-refractivity contribution in [2.45, 2.75) is 46.7 Å². The number of aryl methyl sites for hydroxylation is 1. The second-order valence-electron chi connectivity index (χ2n) is 9.14. The second kappa shape index (κ2) is 13.1. The Morgan fingerprint density at radius 3 is 2.25 bits per heavy atom. The fourth-order valence-corrected chi connectivity index (χ4v) is 4.76. The lowest BCUT2D eigenvalue weighted by atomic mass is 10.1. The Kier molecular flexibility index (Phi) is 10.8. The first-order chi connectivity index (χ1) is 16.9. The van der Waals surface area contributed by atoms with E-state index in [0.29, 0.717) is 24.4 Å². The molecule has 2 aromatic carbocycles. The highest BCUT2D eigenvalue weighted by atomic mass is 79.9. The van der Waals surface area contributed by atoms with Gasteiger partial charge < -0.3 is 15.0 Å². The van der Waals surface area contributed by atoms with Crippen LogP contribution in [-0.2, 0) is 26.2 Å². The molecule has 10 heteroatoms. The number of rotatable bonds is 12. The third-order valence-corrected chi connectivity index (χ3v) is 7.72. The van der Waals surface area contributed by atoms with Crippen molar-refractivity contribution in [2.75, 3.05) is 30.8 Å². The van der Waals surface area contributed by atoms with E-state index in [9.17, 15) is 18.0 Å². The summed E-state index contributed by atoms with van der Waals surface area (Å²) in [6.07, 6.45) is 1.44. The molecule has 0 aromatic heterocycles. The molecule has 1 N–H and O–H groups in total. The molecule has 0 bridgehead atoms. The summed E-state index contributed by atoms with van der Waals surface area (Å²) in [6, 6.07) is 11.6. The molecule has 0 saturated carbocycles. The quantitative estimate of drug-likeness (QED) is 0.407. The summed E-state index contributed by atoms with van der Waals surface area (Å²) in [7, 11) is -2.21. The van der Waals surface area contributed by atoms with Crippen LogP contribution >= 0.6 is 15.9 Å². The number of nitrogens with zero attached hydrogens (tertiary/aromatic N) is 2. The number of carbonyl (C=O) groups is 2. The topological polar surface area (TPSA) is 96.0 Å². The molecule has 0 heterocycles. The van der Waals surface area contributed by atoms with Gasteiger partial charge in [0.25, 0.3) is 0 Å². The van der Waals surface area contributed by atoms with E-state index < -0.39 is 28.5 Å². The van der Waals surface area contributed by atoms with Crippen LogP contribution < -0.4 is 14.4 Å². The molecule has 2 amide bonds. The van der Waals surface area contributed by atoms with Crippen molar-refractivity contribution < 1.29 is 22.7 Å². The minimum absolute atomic E-state index is 0.146. The lowest BCUT2D eigenvalue weighted by molar-refractivity contribution is -0.140. The Balaban J connectivity index is 2.43.